The maximum absolute atomic E-state index is 10.4. The molecule has 0 unspecified atom stereocenters. The Morgan fingerprint density at radius 2 is 1.63 bits per heavy atom. The topological polar surface area (TPSA) is 71.4 Å². The Bertz CT molecular complexity index is 586. The summed E-state index contributed by atoms with van der Waals surface area (Å²) >= 11 is 1.83. The second kappa shape index (κ2) is 14.3. The van der Waals surface area contributed by atoms with E-state index in [0.717, 1.165) is 18.6 Å². The largest absolute Gasteiger partial charge is 0.303 e. The molecule has 0 radical (unpaired) electrons. The van der Waals surface area contributed by atoms with Gasteiger partial charge in [-0.15, -0.1) is 11.3 Å². The van der Waals surface area contributed by atoms with Crippen LogP contribution in [-0.2, 0) is 21.3 Å². The van der Waals surface area contributed by atoms with Crippen LogP contribution in [0.1, 0.15) is 100 Å². The van der Waals surface area contributed by atoms with Crippen LogP contribution in [0.5, 0.6) is 0 Å². The molecule has 1 aromatic rings. The van der Waals surface area contributed by atoms with Crippen molar-refractivity contribution < 1.29 is 17.8 Å². The normalized spacial score (nSPS) is 17.4. The highest BCUT2D eigenvalue weighted by Crippen LogP contribution is 2.38. The molecule has 1 aromatic heterocycles. The third kappa shape index (κ3) is 11.7. The molecule has 1 N–H and O–H groups in total. The van der Waals surface area contributed by atoms with Gasteiger partial charge in [0.05, 0.1) is 5.75 Å². The SMILES string of the molecule is C1CCCCC1.CCCCS(=O)(=O)O.O=CCc1ccsc1C1CCCC1. The average Bonchev–Trinajstić information content (AvgIpc) is 3.34. The minimum atomic E-state index is -3.69. The van der Waals surface area contributed by atoms with Crippen molar-refractivity contribution in [3.8, 4) is 0 Å². The summed E-state index contributed by atoms with van der Waals surface area (Å²) in [6, 6.07) is 2.10. The van der Waals surface area contributed by atoms with E-state index < -0.39 is 10.1 Å². The fraction of sp³-hybridized carbons (Fsp3) is 0.762. The van der Waals surface area contributed by atoms with Crippen molar-refractivity contribution >= 4 is 27.7 Å². The molecule has 3 rings (SSSR count). The third-order valence-electron chi connectivity index (χ3n) is 5.07. The Balaban J connectivity index is 0.000000223. The number of aldehydes is 1. The molecule has 0 bridgehead atoms. The van der Waals surface area contributed by atoms with Crippen LogP contribution >= 0.6 is 11.3 Å². The lowest BCUT2D eigenvalue weighted by atomic mass is 10.0. The summed E-state index contributed by atoms with van der Waals surface area (Å²) in [5.74, 6) is 0.652. The molecule has 0 atom stereocenters. The molecule has 2 aliphatic carbocycles. The minimum Gasteiger partial charge on any atom is -0.303 e. The number of unbranched alkanes of at least 4 members (excludes halogenated alkanes) is 1. The van der Waals surface area contributed by atoms with Crippen molar-refractivity contribution in [3.05, 3.63) is 21.9 Å². The van der Waals surface area contributed by atoms with Crippen molar-refractivity contribution in [2.24, 2.45) is 0 Å². The van der Waals surface area contributed by atoms with Gasteiger partial charge >= 0.3 is 0 Å². The molecule has 27 heavy (non-hydrogen) atoms. The van der Waals surface area contributed by atoms with Crippen LogP contribution in [0, 0.1) is 0 Å². The molecule has 2 saturated carbocycles. The Kier molecular flexibility index (Phi) is 12.9. The standard InChI is InChI=1S/C11H14OS.C6H12.C4H10O3S/c12-7-5-10-6-8-13-11(10)9-3-1-2-4-9;1-2-4-6-5-3-1;1-2-3-4-8(5,6)7/h6-9H,1-5H2;1-6H2;2-4H2,1H3,(H,5,6,7). The Morgan fingerprint density at radius 3 is 2.04 bits per heavy atom. The minimum absolute atomic E-state index is 0.108. The van der Waals surface area contributed by atoms with Crippen LogP contribution in [0.25, 0.3) is 0 Å². The summed E-state index contributed by atoms with van der Waals surface area (Å²) in [5.41, 5.74) is 1.27. The summed E-state index contributed by atoms with van der Waals surface area (Å²) in [7, 11) is -3.69. The number of hydrogen-bond donors (Lipinski definition) is 1. The second-order valence-electron chi connectivity index (χ2n) is 7.42. The quantitative estimate of drug-likeness (QED) is 0.445. The van der Waals surface area contributed by atoms with E-state index in [9.17, 15) is 13.2 Å². The fourth-order valence-corrected chi connectivity index (χ4v) is 5.30. The van der Waals surface area contributed by atoms with E-state index >= 15 is 0 Å². The van der Waals surface area contributed by atoms with Crippen LogP contribution in [0.15, 0.2) is 11.4 Å². The zero-order valence-electron chi connectivity index (χ0n) is 16.7. The van der Waals surface area contributed by atoms with Gasteiger partial charge in [-0.25, -0.2) is 0 Å². The monoisotopic (exact) mass is 416 g/mol. The first-order valence-electron chi connectivity index (χ1n) is 10.4. The zero-order chi connectivity index (χ0) is 20.0. The fourth-order valence-electron chi connectivity index (χ4n) is 3.54. The van der Waals surface area contributed by atoms with Crippen LogP contribution in [0.2, 0.25) is 0 Å². The van der Waals surface area contributed by atoms with Crippen molar-refractivity contribution in [1.82, 2.24) is 0 Å². The molecule has 0 spiro atoms. The first kappa shape index (κ1) is 24.3. The first-order chi connectivity index (χ1) is 13.0. The van der Waals surface area contributed by atoms with E-state index in [1.165, 1.54) is 74.6 Å². The van der Waals surface area contributed by atoms with Crippen LogP contribution in [0.4, 0.5) is 0 Å². The van der Waals surface area contributed by atoms with Gasteiger partial charge in [-0.2, -0.15) is 8.42 Å². The highest BCUT2D eigenvalue weighted by Gasteiger charge is 2.20. The molecular weight excluding hydrogens is 380 g/mol. The Hall–Kier alpha value is -0.720. The molecule has 2 fully saturated rings. The Morgan fingerprint density at radius 1 is 1.07 bits per heavy atom. The molecule has 0 aliphatic heterocycles. The van der Waals surface area contributed by atoms with Crippen LogP contribution < -0.4 is 0 Å². The van der Waals surface area contributed by atoms with Gasteiger partial charge in [-0.05, 0) is 42.2 Å². The van der Waals surface area contributed by atoms with Gasteiger partial charge in [0.15, 0.2) is 0 Å². The summed E-state index contributed by atoms with van der Waals surface area (Å²) in [6.07, 6.45) is 17.3. The molecular formula is C21H36O4S2. The van der Waals surface area contributed by atoms with E-state index in [2.05, 4.69) is 11.4 Å². The van der Waals surface area contributed by atoms with Gasteiger partial charge in [0.2, 0.25) is 0 Å². The maximum atomic E-state index is 10.4. The summed E-state index contributed by atoms with van der Waals surface area (Å²) in [5, 5.41) is 2.12. The molecule has 0 saturated heterocycles. The summed E-state index contributed by atoms with van der Waals surface area (Å²) in [6.45, 7) is 1.87. The molecule has 156 valence electrons. The van der Waals surface area contributed by atoms with Crippen molar-refractivity contribution in [1.29, 1.82) is 0 Å². The van der Waals surface area contributed by atoms with Gasteiger partial charge in [0.25, 0.3) is 10.1 Å². The number of carbonyl (C=O) groups excluding carboxylic acids is 1. The van der Waals surface area contributed by atoms with E-state index in [1.54, 1.807) is 0 Å². The van der Waals surface area contributed by atoms with Crippen molar-refractivity contribution in [3.63, 3.8) is 0 Å². The van der Waals surface area contributed by atoms with Crippen LogP contribution in [-0.4, -0.2) is 25.0 Å². The predicted octanol–water partition coefficient (Wildman–Crippen LogP) is 6.16. The molecule has 1 heterocycles. The maximum Gasteiger partial charge on any atom is 0.264 e. The number of carbonyl (C=O) groups is 1. The van der Waals surface area contributed by atoms with Gasteiger partial charge in [-0.1, -0.05) is 64.7 Å². The average molecular weight is 417 g/mol. The summed E-state index contributed by atoms with van der Waals surface area (Å²) < 4.78 is 28.0. The summed E-state index contributed by atoms with van der Waals surface area (Å²) in [4.78, 5) is 11.9. The van der Waals surface area contributed by atoms with Gasteiger partial charge in [0, 0.05) is 11.3 Å². The molecule has 0 aromatic carbocycles. The van der Waals surface area contributed by atoms with Gasteiger partial charge < -0.3 is 4.79 Å². The van der Waals surface area contributed by atoms with Crippen molar-refractivity contribution in [2.45, 2.75) is 96.3 Å². The molecule has 0 amide bonds. The second-order valence-corrected chi connectivity index (χ2v) is 9.94. The molecule has 4 nitrogen and oxygen atoms in total. The van der Waals surface area contributed by atoms with Crippen molar-refractivity contribution in [2.75, 3.05) is 5.75 Å². The lowest BCUT2D eigenvalue weighted by Crippen LogP contribution is -2.02. The van der Waals surface area contributed by atoms with E-state index in [-0.39, 0.29) is 5.75 Å². The first-order valence-corrected chi connectivity index (χ1v) is 12.9. The molecule has 6 heteroatoms. The van der Waals surface area contributed by atoms with E-state index in [1.807, 2.05) is 18.3 Å². The smallest absolute Gasteiger partial charge is 0.264 e. The van der Waals surface area contributed by atoms with E-state index in [0.29, 0.717) is 12.8 Å². The number of hydrogen-bond acceptors (Lipinski definition) is 4. The highest BCUT2D eigenvalue weighted by molar-refractivity contribution is 7.85. The van der Waals surface area contributed by atoms with Gasteiger partial charge in [-0.3, -0.25) is 4.55 Å². The van der Waals surface area contributed by atoms with Crippen LogP contribution in [0.3, 0.4) is 0 Å². The number of rotatable bonds is 6. The number of thiophene rings is 1. The lowest BCUT2D eigenvalue weighted by molar-refractivity contribution is -0.107. The predicted molar refractivity (Wildman–Crippen MR) is 114 cm³/mol. The Labute approximate surface area is 169 Å². The van der Waals surface area contributed by atoms with Gasteiger partial charge in [0.1, 0.15) is 6.29 Å². The third-order valence-corrected chi connectivity index (χ3v) is 6.99. The van der Waals surface area contributed by atoms with E-state index in [4.69, 9.17) is 4.55 Å². The lowest BCUT2D eigenvalue weighted by Gasteiger charge is -2.07. The molecule has 2 aliphatic rings. The highest BCUT2D eigenvalue weighted by atomic mass is 32.2. The zero-order valence-corrected chi connectivity index (χ0v) is 18.3.